The maximum atomic E-state index is 12.4. The summed E-state index contributed by atoms with van der Waals surface area (Å²) in [4.78, 5) is 20.6. The van der Waals surface area contributed by atoms with Gasteiger partial charge in [-0.05, 0) is 25.1 Å². The number of fused-ring (bicyclic) bond motifs is 2. The summed E-state index contributed by atoms with van der Waals surface area (Å²) < 4.78 is 7.23. The molecule has 3 aromatic heterocycles. The monoisotopic (exact) mass is 307 g/mol. The van der Waals surface area contributed by atoms with Crippen LogP contribution in [-0.2, 0) is 4.79 Å². The third-order valence-corrected chi connectivity index (χ3v) is 3.62. The summed E-state index contributed by atoms with van der Waals surface area (Å²) in [5.41, 5.74) is 0.761. The predicted octanol–water partition coefficient (Wildman–Crippen LogP) is 2.61. The molecule has 114 valence electrons. The Kier molecular flexibility index (Phi) is 3.04. The average molecular weight is 307 g/mol. The predicted molar refractivity (Wildman–Crippen MR) is 84.0 cm³/mol. The molecule has 0 saturated carbocycles. The van der Waals surface area contributed by atoms with Gasteiger partial charge in [-0.25, -0.2) is 9.50 Å². The number of anilines is 1. The number of hydrogen-bond donors (Lipinski definition) is 1. The summed E-state index contributed by atoms with van der Waals surface area (Å²) in [6.07, 6.45) is 3.33. The molecule has 7 heteroatoms. The SMILES string of the molecule is C[C@H](C(=O)Nc1nc2ncccn2n1)c1cc2ccccc2o1. The number of furan rings is 1. The Bertz CT molecular complexity index is 938. The quantitative estimate of drug-likeness (QED) is 0.629. The Labute approximate surface area is 131 Å². The number of rotatable bonds is 3. The number of amides is 1. The van der Waals surface area contributed by atoms with Gasteiger partial charge < -0.3 is 4.42 Å². The van der Waals surface area contributed by atoms with Gasteiger partial charge in [0.05, 0.1) is 5.92 Å². The first kappa shape index (κ1) is 13.4. The molecule has 0 bridgehead atoms. The van der Waals surface area contributed by atoms with Crippen LogP contribution >= 0.6 is 0 Å². The van der Waals surface area contributed by atoms with E-state index >= 15 is 0 Å². The molecule has 4 aromatic rings. The molecule has 0 saturated heterocycles. The second-order valence-corrected chi connectivity index (χ2v) is 5.20. The topological polar surface area (TPSA) is 85.3 Å². The van der Waals surface area contributed by atoms with Gasteiger partial charge in [0.15, 0.2) is 0 Å². The van der Waals surface area contributed by atoms with Gasteiger partial charge in [0, 0.05) is 17.8 Å². The lowest BCUT2D eigenvalue weighted by Gasteiger charge is -2.06. The molecule has 1 amide bonds. The molecule has 0 spiro atoms. The highest BCUT2D eigenvalue weighted by molar-refractivity contribution is 5.94. The molecule has 0 fully saturated rings. The van der Waals surface area contributed by atoms with E-state index < -0.39 is 5.92 Å². The summed E-state index contributed by atoms with van der Waals surface area (Å²) in [5, 5.41) is 7.81. The van der Waals surface area contributed by atoms with Crippen LogP contribution in [0.25, 0.3) is 16.7 Å². The molecule has 1 N–H and O–H groups in total. The number of nitrogens with one attached hydrogen (secondary N) is 1. The highest BCUT2D eigenvalue weighted by Gasteiger charge is 2.21. The fourth-order valence-electron chi connectivity index (χ4n) is 2.35. The lowest BCUT2D eigenvalue weighted by Crippen LogP contribution is -2.19. The first-order valence-corrected chi connectivity index (χ1v) is 7.17. The summed E-state index contributed by atoms with van der Waals surface area (Å²) in [5.74, 6) is 0.559. The normalized spacial score (nSPS) is 12.6. The standard InChI is InChI=1S/C16H13N5O2/c1-10(13-9-11-5-2-3-6-12(11)23-13)14(22)18-15-19-16-17-7-4-8-21(16)20-15/h2-10H,1H3,(H,18,20,22)/t10-/m0/s1. The van der Waals surface area contributed by atoms with Crippen LogP contribution in [0, 0.1) is 0 Å². The average Bonchev–Trinajstić information content (AvgIpc) is 3.16. The fraction of sp³-hybridized carbons (Fsp3) is 0.125. The number of nitrogens with zero attached hydrogens (tertiary/aromatic N) is 4. The Balaban J connectivity index is 1.57. The van der Waals surface area contributed by atoms with Gasteiger partial charge in [0.1, 0.15) is 11.3 Å². The molecule has 0 unspecified atom stereocenters. The van der Waals surface area contributed by atoms with E-state index in [0.29, 0.717) is 11.5 Å². The summed E-state index contributed by atoms with van der Waals surface area (Å²) in [6.45, 7) is 1.78. The Morgan fingerprint density at radius 1 is 1.30 bits per heavy atom. The molecule has 0 aliphatic rings. The molecule has 3 heterocycles. The molecule has 23 heavy (non-hydrogen) atoms. The minimum atomic E-state index is -0.457. The summed E-state index contributed by atoms with van der Waals surface area (Å²) in [7, 11) is 0. The Hall–Kier alpha value is -3.22. The van der Waals surface area contributed by atoms with Gasteiger partial charge in [0.25, 0.3) is 11.7 Å². The molecule has 0 aliphatic heterocycles. The van der Waals surface area contributed by atoms with Crippen LogP contribution in [0.3, 0.4) is 0 Å². The van der Waals surface area contributed by atoms with Crippen molar-refractivity contribution in [2.24, 2.45) is 0 Å². The molecule has 1 atom stereocenters. The number of carbonyl (C=O) groups excluding carboxylic acids is 1. The van der Waals surface area contributed by atoms with Gasteiger partial charge in [-0.3, -0.25) is 10.1 Å². The minimum Gasteiger partial charge on any atom is -0.460 e. The third kappa shape index (κ3) is 2.42. The highest BCUT2D eigenvalue weighted by atomic mass is 16.3. The van der Waals surface area contributed by atoms with E-state index in [1.807, 2.05) is 30.3 Å². The van der Waals surface area contributed by atoms with Crippen LogP contribution in [0.2, 0.25) is 0 Å². The van der Waals surface area contributed by atoms with Gasteiger partial charge in [-0.15, -0.1) is 5.10 Å². The zero-order valence-electron chi connectivity index (χ0n) is 12.3. The number of para-hydroxylation sites is 1. The molecule has 1 aromatic carbocycles. The molecule has 7 nitrogen and oxygen atoms in total. The second kappa shape index (κ2) is 5.20. The Morgan fingerprint density at radius 2 is 2.17 bits per heavy atom. The maximum Gasteiger partial charge on any atom is 0.253 e. The number of hydrogen-bond acceptors (Lipinski definition) is 5. The van der Waals surface area contributed by atoms with Crippen LogP contribution in [-0.4, -0.2) is 25.5 Å². The second-order valence-electron chi connectivity index (χ2n) is 5.20. The van der Waals surface area contributed by atoms with Crippen molar-refractivity contribution in [2.45, 2.75) is 12.8 Å². The van der Waals surface area contributed by atoms with E-state index in [2.05, 4.69) is 20.4 Å². The molecule has 0 aliphatic carbocycles. The number of carbonyl (C=O) groups is 1. The zero-order valence-corrected chi connectivity index (χ0v) is 12.3. The van der Waals surface area contributed by atoms with Gasteiger partial charge in [-0.2, -0.15) is 4.98 Å². The Morgan fingerprint density at radius 3 is 3.00 bits per heavy atom. The lowest BCUT2D eigenvalue weighted by molar-refractivity contribution is -0.117. The van der Waals surface area contributed by atoms with E-state index in [1.165, 1.54) is 4.52 Å². The van der Waals surface area contributed by atoms with Crippen LogP contribution in [0.5, 0.6) is 0 Å². The molecule has 4 rings (SSSR count). The van der Waals surface area contributed by atoms with E-state index in [9.17, 15) is 4.79 Å². The van der Waals surface area contributed by atoms with Crippen molar-refractivity contribution in [2.75, 3.05) is 5.32 Å². The largest absolute Gasteiger partial charge is 0.460 e. The number of benzene rings is 1. The van der Waals surface area contributed by atoms with E-state index in [1.54, 1.807) is 25.4 Å². The molecular formula is C16H13N5O2. The lowest BCUT2D eigenvalue weighted by atomic mass is 10.1. The fourth-order valence-corrected chi connectivity index (χ4v) is 2.35. The molecule has 0 radical (unpaired) electrons. The van der Waals surface area contributed by atoms with Crippen molar-refractivity contribution < 1.29 is 9.21 Å². The van der Waals surface area contributed by atoms with Crippen LogP contribution in [0.15, 0.2) is 53.2 Å². The first-order valence-electron chi connectivity index (χ1n) is 7.17. The van der Waals surface area contributed by atoms with Crippen LogP contribution in [0.1, 0.15) is 18.6 Å². The van der Waals surface area contributed by atoms with Gasteiger partial charge in [-0.1, -0.05) is 18.2 Å². The smallest absolute Gasteiger partial charge is 0.253 e. The highest BCUT2D eigenvalue weighted by Crippen LogP contribution is 2.25. The summed E-state index contributed by atoms with van der Waals surface area (Å²) in [6, 6.07) is 11.3. The van der Waals surface area contributed by atoms with Crippen molar-refractivity contribution in [3.05, 3.63) is 54.6 Å². The van der Waals surface area contributed by atoms with E-state index in [4.69, 9.17) is 4.42 Å². The van der Waals surface area contributed by atoms with Crippen molar-refractivity contribution >= 4 is 28.6 Å². The van der Waals surface area contributed by atoms with Gasteiger partial charge in [0.2, 0.25) is 5.91 Å². The molecular weight excluding hydrogens is 294 g/mol. The third-order valence-electron chi connectivity index (χ3n) is 3.62. The number of aromatic nitrogens is 4. The van der Waals surface area contributed by atoms with Crippen molar-refractivity contribution in [3.63, 3.8) is 0 Å². The van der Waals surface area contributed by atoms with Crippen molar-refractivity contribution in [1.82, 2.24) is 19.6 Å². The van der Waals surface area contributed by atoms with Crippen molar-refractivity contribution in [3.8, 4) is 0 Å². The van der Waals surface area contributed by atoms with Crippen molar-refractivity contribution in [1.29, 1.82) is 0 Å². The summed E-state index contributed by atoms with van der Waals surface area (Å²) >= 11 is 0. The maximum absolute atomic E-state index is 12.4. The van der Waals surface area contributed by atoms with Crippen LogP contribution in [0.4, 0.5) is 5.95 Å². The van der Waals surface area contributed by atoms with Gasteiger partial charge >= 0.3 is 0 Å². The zero-order chi connectivity index (χ0) is 15.8. The first-order chi connectivity index (χ1) is 11.2. The van der Waals surface area contributed by atoms with E-state index in [-0.39, 0.29) is 11.9 Å². The van der Waals surface area contributed by atoms with Crippen LogP contribution < -0.4 is 5.32 Å². The van der Waals surface area contributed by atoms with E-state index in [0.717, 1.165) is 11.0 Å². The minimum absolute atomic E-state index is 0.219.